The van der Waals surface area contributed by atoms with E-state index in [4.69, 9.17) is 0 Å². The Morgan fingerprint density at radius 1 is 0.714 bits per heavy atom. The largest absolute Gasteiger partial charge is 0.313 e. The monoisotopic (exact) mass is 390 g/mol. The van der Waals surface area contributed by atoms with Crippen LogP contribution in [0.5, 0.6) is 0 Å². The van der Waals surface area contributed by atoms with Crippen molar-refractivity contribution in [1.29, 1.82) is 0 Å². The van der Waals surface area contributed by atoms with Crippen LogP contribution in [0.15, 0.2) is 89.8 Å². The van der Waals surface area contributed by atoms with Crippen molar-refractivity contribution in [3.63, 3.8) is 0 Å². The molecular formula is C23H22N2O2S. The smallest absolute Gasteiger partial charge is 0.243 e. The molecule has 2 fully saturated rings. The van der Waals surface area contributed by atoms with Gasteiger partial charge in [0.1, 0.15) is 0 Å². The van der Waals surface area contributed by atoms with Gasteiger partial charge in [0.25, 0.3) is 0 Å². The summed E-state index contributed by atoms with van der Waals surface area (Å²) in [4.78, 5) is 0.379. The molecule has 2 aliphatic heterocycles. The summed E-state index contributed by atoms with van der Waals surface area (Å²) in [5.74, 6) is 0.240. The summed E-state index contributed by atoms with van der Waals surface area (Å²) < 4.78 is 28.0. The first-order valence-corrected chi connectivity index (χ1v) is 11.0. The molecule has 2 aliphatic rings. The molecule has 3 atom stereocenters. The minimum absolute atomic E-state index is 0.0356. The Morgan fingerprint density at radius 3 is 1.86 bits per heavy atom. The highest BCUT2D eigenvalue weighted by Crippen LogP contribution is 2.46. The molecule has 5 heteroatoms. The molecule has 142 valence electrons. The zero-order valence-corrected chi connectivity index (χ0v) is 16.2. The van der Waals surface area contributed by atoms with E-state index in [1.807, 2.05) is 24.3 Å². The molecule has 1 unspecified atom stereocenters. The van der Waals surface area contributed by atoms with Crippen LogP contribution in [0.1, 0.15) is 11.5 Å². The highest BCUT2D eigenvalue weighted by molar-refractivity contribution is 7.89. The van der Waals surface area contributed by atoms with Crippen LogP contribution < -0.4 is 5.32 Å². The second kappa shape index (κ2) is 6.85. The Kier molecular flexibility index (Phi) is 4.31. The van der Waals surface area contributed by atoms with E-state index >= 15 is 0 Å². The number of piperidine rings is 1. The van der Waals surface area contributed by atoms with Crippen molar-refractivity contribution in [2.45, 2.75) is 22.9 Å². The van der Waals surface area contributed by atoms with Gasteiger partial charge in [-0.25, -0.2) is 8.42 Å². The van der Waals surface area contributed by atoms with Gasteiger partial charge in [-0.3, -0.25) is 0 Å². The Bertz CT molecular complexity index is 1050. The summed E-state index contributed by atoms with van der Waals surface area (Å²) in [6, 6.07) is 27.6. The molecule has 0 spiro atoms. The Morgan fingerprint density at radius 2 is 1.25 bits per heavy atom. The second-order valence-corrected chi connectivity index (χ2v) is 9.30. The van der Waals surface area contributed by atoms with Crippen LogP contribution in [0.2, 0.25) is 0 Å². The van der Waals surface area contributed by atoms with Crippen LogP contribution in [0, 0.1) is 0 Å². The number of sulfonamides is 1. The van der Waals surface area contributed by atoms with Gasteiger partial charge in [-0.1, -0.05) is 72.8 Å². The van der Waals surface area contributed by atoms with Gasteiger partial charge in [-0.2, -0.15) is 4.31 Å². The lowest BCUT2D eigenvalue weighted by Gasteiger charge is -2.57. The fourth-order valence-electron chi connectivity index (χ4n) is 4.57. The van der Waals surface area contributed by atoms with Gasteiger partial charge in [0, 0.05) is 31.1 Å². The summed E-state index contributed by atoms with van der Waals surface area (Å²) in [6.45, 7) is 1.38. The number of nitrogens with zero attached hydrogens (tertiary/aromatic N) is 1. The number of nitrogens with one attached hydrogen (secondary N) is 1. The number of hydrogen-bond donors (Lipinski definition) is 1. The molecule has 3 aromatic rings. The lowest BCUT2D eigenvalue weighted by Crippen LogP contribution is -2.73. The van der Waals surface area contributed by atoms with Crippen LogP contribution >= 0.6 is 0 Å². The average Bonchev–Trinajstić information content (AvgIpc) is 2.76. The number of fused-ring (bicyclic) bond motifs is 2. The molecule has 28 heavy (non-hydrogen) atoms. The van der Waals surface area contributed by atoms with Crippen molar-refractivity contribution >= 4 is 10.0 Å². The van der Waals surface area contributed by atoms with E-state index in [-0.39, 0.29) is 18.0 Å². The summed E-state index contributed by atoms with van der Waals surface area (Å²) >= 11 is 0. The molecule has 0 aromatic heterocycles. The first kappa shape index (κ1) is 17.6. The lowest BCUT2D eigenvalue weighted by molar-refractivity contribution is 0.0370. The van der Waals surface area contributed by atoms with Crippen molar-refractivity contribution in [2.75, 3.05) is 13.1 Å². The van der Waals surface area contributed by atoms with Crippen molar-refractivity contribution in [2.24, 2.45) is 0 Å². The Balaban J connectivity index is 1.42. The third kappa shape index (κ3) is 2.78. The highest BCUT2D eigenvalue weighted by atomic mass is 32.2. The van der Waals surface area contributed by atoms with Crippen LogP contribution in [-0.4, -0.2) is 37.9 Å². The maximum absolute atomic E-state index is 13.1. The molecular weight excluding hydrogens is 368 g/mol. The summed E-state index contributed by atoms with van der Waals surface area (Å²) in [5, 5.41) is 3.37. The third-order valence-electron chi connectivity index (χ3n) is 5.91. The number of hydrogen-bond acceptors (Lipinski definition) is 3. The van der Waals surface area contributed by atoms with Gasteiger partial charge in [0.2, 0.25) is 10.0 Å². The van der Waals surface area contributed by atoms with Crippen molar-refractivity contribution in [3.8, 4) is 11.1 Å². The van der Waals surface area contributed by atoms with Crippen molar-refractivity contribution < 1.29 is 8.42 Å². The molecule has 1 N–H and O–H groups in total. The fraction of sp³-hybridized carbons (Fsp3) is 0.217. The van der Waals surface area contributed by atoms with E-state index in [9.17, 15) is 8.42 Å². The normalized spacial score (nSPS) is 24.5. The number of piperazine rings is 1. The molecule has 5 rings (SSSR count). The fourth-order valence-corrected chi connectivity index (χ4v) is 6.44. The molecule has 4 nitrogen and oxygen atoms in total. The zero-order valence-electron chi connectivity index (χ0n) is 15.4. The predicted molar refractivity (Wildman–Crippen MR) is 111 cm³/mol. The Labute approximate surface area is 165 Å². The van der Waals surface area contributed by atoms with Crippen LogP contribution in [0.3, 0.4) is 0 Å². The van der Waals surface area contributed by atoms with Gasteiger partial charge in [0.05, 0.1) is 4.90 Å². The first-order chi connectivity index (χ1) is 13.7. The lowest BCUT2D eigenvalue weighted by atomic mass is 9.74. The quantitative estimate of drug-likeness (QED) is 0.742. The summed E-state index contributed by atoms with van der Waals surface area (Å²) in [6.07, 6.45) is 0. The molecule has 0 radical (unpaired) electrons. The van der Waals surface area contributed by atoms with Gasteiger partial charge < -0.3 is 5.32 Å². The first-order valence-electron chi connectivity index (χ1n) is 9.61. The second-order valence-electron chi connectivity index (χ2n) is 7.45. The standard InChI is InChI=1S/C23H22N2O2S/c26-28(27,20-9-5-2-6-10-20)25-21-15-24-16-22(25)23(21)19-13-11-18(12-14-19)17-7-3-1-4-8-17/h1-14,21-24H,15-16H2/t21-,22+,23?. The minimum Gasteiger partial charge on any atom is -0.313 e. The zero-order chi connectivity index (χ0) is 19.1. The molecule has 2 bridgehead atoms. The summed E-state index contributed by atoms with van der Waals surface area (Å²) in [7, 11) is -3.46. The maximum Gasteiger partial charge on any atom is 0.243 e. The highest BCUT2D eigenvalue weighted by Gasteiger charge is 2.56. The predicted octanol–water partition coefficient (Wildman–Crippen LogP) is 3.48. The topological polar surface area (TPSA) is 49.4 Å². The molecule has 2 heterocycles. The summed E-state index contributed by atoms with van der Waals surface area (Å²) in [5.41, 5.74) is 3.59. The number of rotatable bonds is 4. The number of benzene rings is 3. The van der Waals surface area contributed by atoms with E-state index in [2.05, 4.69) is 41.7 Å². The average molecular weight is 391 g/mol. The van der Waals surface area contributed by atoms with Crippen LogP contribution in [0.4, 0.5) is 0 Å². The van der Waals surface area contributed by atoms with Crippen LogP contribution in [-0.2, 0) is 10.0 Å². The molecule has 0 amide bonds. The molecule has 0 aliphatic carbocycles. The van der Waals surface area contributed by atoms with E-state index in [1.165, 1.54) is 16.7 Å². The maximum atomic E-state index is 13.1. The molecule has 2 saturated heterocycles. The van der Waals surface area contributed by atoms with E-state index in [1.54, 1.807) is 28.6 Å². The third-order valence-corrected chi connectivity index (χ3v) is 7.88. The molecule has 0 saturated carbocycles. The van der Waals surface area contributed by atoms with Crippen LogP contribution in [0.25, 0.3) is 11.1 Å². The van der Waals surface area contributed by atoms with Crippen molar-refractivity contribution in [3.05, 3.63) is 90.5 Å². The van der Waals surface area contributed by atoms with Crippen molar-refractivity contribution in [1.82, 2.24) is 9.62 Å². The van der Waals surface area contributed by atoms with E-state index in [0.29, 0.717) is 18.0 Å². The Hall–Kier alpha value is -2.47. The van der Waals surface area contributed by atoms with E-state index < -0.39 is 10.0 Å². The minimum atomic E-state index is -3.46. The molecule has 3 aromatic carbocycles. The van der Waals surface area contributed by atoms with Gasteiger partial charge in [-0.05, 0) is 28.8 Å². The van der Waals surface area contributed by atoms with E-state index in [0.717, 1.165) is 0 Å². The van der Waals surface area contributed by atoms with Gasteiger partial charge >= 0.3 is 0 Å². The SMILES string of the molecule is O=S(=O)(c1ccccc1)N1[C@@H]2CNC[C@H]1C2c1ccc(-c2ccccc2)cc1. The van der Waals surface area contributed by atoms with Gasteiger partial charge in [0.15, 0.2) is 0 Å². The van der Waals surface area contributed by atoms with Gasteiger partial charge in [-0.15, -0.1) is 0 Å².